The number of primary amides is 1. The van der Waals surface area contributed by atoms with Crippen molar-refractivity contribution in [1.29, 1.82) is 0 Å². The Balaban J connectivity index is 1.90. The third kappa shape index (κ3) is 3.75. The zero-order valence-electron chi connectivity index (χ0n) is 12.8. The number of anilines is 1. The molecule has 0 atom stereocenters. The van der Waals surface area contributed by atoms with Crippen LogP contribution in [0.25, 0.3) is 0 Å². The summed E-state index contributed by atoms with van der Waals surface area (Å²) in [5.74, 6) is -0.0608. The summed E-state index contributed by atoms with van der Waals surface area (Å²) in [6.07, 6.45) is 3.86. The summed E-state index contributed by atoms with van der Waals surface area (Å²) < 4.78 is 0. The highest BCUT2D eigenvalue weighted by atomic mass is 16.1. The molecule has 0 spiro atoms. The second kappa shape index (κ2) is 5.86. The Kier molecular flexibility index (Phi) is 4.36. The number of rotatable bonds is 3. The van der Waals surface area contributed by atoms with Gasteiger partial charge in [0.1, 0.15) is 0 Å². The Hall–Kier alpha value is -1.51. The number of benzene rings is 1. The van der Waals surface area contributed by atoms with Gasteiger partial charge in [-0.1, -0.05) is 32.9 Å². The SMILES string of the molecule is CC(C)(C)c1ccc(NC2CCC(C(N)=O)CC2)cc1. The molecule has 1 aromatic carbocycles. The van der Waals surface area contributed by atoms with Crippen molar-refractivity contribution < 1.29 is 4.79 Å². The van der Waals surface area contributed by atoms with E-state index < -0.39 is 0 Å². The maximum atomic E-state index is 11.2. The molecule has 0 aromatic heterocycles. The molecule has 1 fully saturated rings. The summed E-state index contributed by atoms with van der Waals surface area (Å²) >= 11 is 0. The minimum absolute atomic E-state index is 0.0799. The van der Waals surface area contributed by atoms with E-state index in [4.69, 9.17) is 5.73 Å². The molecular formula is C17H26N2O. The van der Waals surface area contributed by atoms with Gasteiger partial charge in [0.15, 0.2) is 0 Å². The Bertz CT molecular complexity index is 451. The van der Waals surface area contributed by atoms with Crippen molar-refractivity contribution in [2.45, 2.75) is 57.9 Å². The first kappa shape index (κ1) is 14.9. The summed E-state index contributed by atoms with van der Waals surface area (Å²) in [4.78, 5) is 11.2. The van der Waals surface area contributed by atoms with Gasteiger partial charge in [0.05, 0.1) is 0 Å². The van der Waals surface area contributed by atoms with Crippen molar-refractivity contribution >= 4 is 11.6 Å². The van der Waals surface area contributed by atoms with Crippen LogP contribution in [0, 0.1) is 5.92 Å². The van der Waals surface area contributed by atoms with Gasteiger partial charge in [-0.2, -0.15) is 0 Å². The summed E-state index contributed by atoms with van der Waals surface area (Å²) in [5, 5.41) is 3.57. The molecule has 3 nitrogen and oxygen atoms in total. The predicted octanol–water partition coefficient (Wildman–Crippen LogP) is 3.44. The van der Waals surface area contributed by atoms with Crippen LogP contribution >= 0.6 is 0 Å². The topological polar surface area (TPSA) is 55.1 Å². The first-order chi connectivity index (χ1) is 9.36. The molecule has 0 bridgehead atoms. The number of nitrogens with two attached hydrogens (primary N) is 1. The predicted molar refractivity (Wildman–Crippen MR) is 83.7 cm³/mol. The molecule has 1 aliphatic carbocycles. The average molecular weight is 274 g/mol. The highest BCUT2D eigenvalue weighted by Gasteiger charge is 2.24. The van der Waals surface area contributed by atoms with E-state index in [0.717, 1.165) is 25.7 Å². The average Bonchev–Trinajstić information content (AvgIpc) is 2.39. The van der Waals surface area contributed by atoms with Crippen LogP contribution in [0.3, 0.4) is 0 Å². The molecule has 2 rings (SSSR count). The number of nitrogens with one attached hydrogen (secondary N) is 1. The Morgan fingerprint density at radius 3 is 2.10 bits per heavy atom. The minimum atomic E-state index is -0.141. The fourth-order valence-corrected chi connectivity index (χ4v) is 2.82. The maximum Gasteiger partial charge on any atom is 0.220 e. The molecule has 1 amide bonds. The van der Waals surface area contributed by atoms with E-state index in [-0.39, 0.29) is 17.2 Å². The molecule has 0 unspecified atom stereocenters. The highest BCUT2D eigenvalue weighted by Crippen LogP contribution is 2.28. The quantitative estimate of drug-likeness (QED) is 0.887. The smallest absolute Gasteiger partial charge is 0.220 e. The van der Waals surface area contributed by atoms with E-state index in [9.17, 15) is 4.79 Å². The maximum absolute atomic E-state index is 11.2. The van der Waals surface area contributed by atoms with Gasteiger partial charge in [-0.25, -0.2) is 0 Å². The van der Waals surface area contributed by atoms with Gasteiger partial charge in [0.2, 0.25) is 5.91 Å². The molecule has 1 aliphatic rings. The van der Waals surface area contributed by atoms with E-state index in [1.165, 1.54) is 11.3 Å². The fourth-order valence-electron chi connectivity index (χ4n) is 2.82. The second-order valence-corrected chi connectivity index (χ2v) is 6.92. The Morgan fingerprint density at radius 1 is 1.10 bits per heavy atom. The van der Waals surface area contributed by atoms with Crippen molar-refractivity contribution in [3.63, 3.8) is 0 Å². The fraction of sp³-hybridized carbons (Fsp3) is 0.588. The van der Waals surface area contributed by atoms with Gasteiger partial charge in [-0.3, -0.25) is 4.79 Å². The molecular weight excluding hydrogens is 248 g/mol. The third-order valence-corrected chi connectivity index (χ3v) is 4.25. The minimum Gasteiger partial charge on any atom is -0.382 e. The largest absolute Gasteiger partial charge is 0.382 e. The van der Waals surface area contributed by atoms with Crippen LogP contribution < -0.4 is 11.1 Å². The molecule has 0 saturated heterocycles. The second-order valence-electron chi connectivity index (χ2n) is 6.92. The number of hydrogen-bond acceptors (Lipinski definition) is 2. The monoisotopic (exact) mass is 274 g/mol. The van der Waals surface area contributed by atoms with Crippen LogP contribution in [0.2, 0.25) is 0 Å². The van der Waals surface area contributed by atoms with Crippen LogP contribution in [0.4, 0.5) is 5.69 Å². The lowest BCUT2D eigenvalue weighted by Crippen LogP contribution is -2.32. The molecule has 1 aromatic rings. The van der Waals surface area contributed by atoms with E-state index >= 15 is 0 Å². The van der Waals surface area contributed by atoms with E-state index in [2.05, 4.69) is 50.4 Å². The summed E-state index contributed by atoms with van der Waals surface area (Å²) in [5.41, 5.74) is 8.07. The van der Waals surface area contributed by atoms with E-state index in [1.54, 1.807) is 0 Å². The number of amides is 1. The van der Waals surface area contributed by atoms with Gasteiger partial charge >= 0.3 is 0 Å². The number of carbonyl (C=O) groups is 1. The number of carbonyl (C=O) groups excluding carboxylic acids is 1. The summed E-state index contributed by atoms with van der Waals surface area (Å²) in [7, 11) is 0. The lowest BCUT2D eigenvalue weighted by Gasteiger charge is -2.28. The first-order valence-corrected chi connectivity index (χ1v) is 7.52. The van der Waals surface area contributed by atoms with Crippen molar-refractivity contribution in [2.75, 3.05) is 5.32 Å². The third-order valence-electron chi connectivity index (χ3n) is 4.25. The Labute approximate surface area is 121 Å². The molecule has 1 saturated carbocycles. The molecule has 0 aliphatic heterocycles. The van der Waals surface area contributed by atoms with Crippen LogP contribution in [-0.2, 0) is 10.2 Å². The van der Waals surface area contributed by atoms with Crippen molar-refractivity contribution in [3.8, 4) is 0 Å². The van der Waals surface area contributed by atoms with Crippen LogP contribution in [-0.4, -0.2) is 11.9 Å². The highest BCUT2D eigenvalue weighted by molar-refractivity contribution is 5.76. The van der Waals surface area contributed by atoms with E-state index in [1.807, 2.05) is 0 Å². The molecule has 0 radical (unpaired) electrons. The van der Waals surface area contributed by atoms with Gasteiger partial charge in [0.25, 0.3) is 0 Å². The molecule has 20 heavy (non-hydrogen) atoms. The lowest BCUT2D eigenvalue weighted by atomic mass is 9.85. The molecule has 110 valence electrons. The van der Waals surface area contributed by atoms with Crippen molar-refractivity contribution in [3.05, 3.63) is 29.8 Å². The Morgan fingerprint density at radius 2 is 1.65 bits per heavy atom. The standard InChI is InChI=1S/C17H26N2O/c1-17(2,3)13-6-10-15(11-7-13)19-14-8-4-12(5-9-14)16(18)20/h6-7,10-12,14,19H,4-5,8-9H2,1-3H3,(H2,18,20). The lowest BCUT2D eigenvalue weighted by molar-refractivity contribution is -0.122. The molecule has 0 heterocycles. The molecule has 3 heteroatoms. The summed E-state index contributed by atoms with van der Waals surface area (Å²) in [6, 6.07) is 9.15. The first-order valence-electron chi connectivity index (χ1n) is 7.52. The van der Waals surface area contributed by atoms with Crippen molar-refractivity contribution in [2.24, 2.45) is 11.7 Å². The van der Waals surface area contributed by atoms with Gasteiger partial charge in [-0.15, -0.1) is 0 Å². The number of hydrogen-bond donors (Lipinski definition) is 2. The van der Waals surface area contributed by atoms with Crippen LogP contribution in [0.1, 0.15) is 52.0 Å². The van der Waals surface area contributed by atoms with Gasteiger partial charge in [0, 0.05) is 17.6 Å². The zero-order valence-corrected chi connectivity index (χ0v) is 12.8. The van der Waals surface area contributed by atoms with Gasteiger partial charge < -0.3 is 11.1 Å². The molecule has 3 N–H and O–H groups in total. The summed E-state index contributed by atoms with van der Waals surface area (Å²) in [6.45, 7) is 6.67. The van der Waals surface area contributed by atoms with Gasteiger partial charge in [-0.05, 0) is 48.8 Å². The van der Waals surface area contributed by atoms with Crippen molar-refractivity contribution in [1.82, 2.24) is 0 Å². The van der Waals surface area contributed by atoms with Crippen LogP contribution in [0.15, 0.2) is 24.3 Å². The van der Waals surface area contributed by atoms with Crippen LogP contribution in [0.5, 0.6) is 0 Å². The van der Waals surface area contributed by atoms with E-state index in [0.29, 0.717) is 6.04 Å². The zero-order chi connectivity index (χ0) is 14.8. The normalized spacial score (nSPS) is 23.4.